The fourth-order valence-corrected chi connectivity index (χ4v) is 2.43. The van der Waals surface area contributed by atoms with E-state index in [2.05, 4.69) is 15.5 Å². The highest BCUT2D eigenvalue weighted by Gasteiger charge is 2.27. The predicted molar refractivity (Wildman–Crippen MR) is 69.9 cm³/mol. The maximum atomic E-state index is 9.47. The highest BCUT2D eigenvalue weighted by Crippen LogP contribution is 2.22. The van der Waals surface area contributed by atoms with E-state index in [0.717, 1.165) is 5.56 Å². The van der Waals surface area contributed by atoms with Gasteiger partial charge in [0.25, 0.3) is 0 Å². The first kappa shape index (κ1) is 12.6. The van der Waals surface area contributed by atoms with Crippen LogP contribution in [0.15, 0.2) is 28.8 Å². The second kappa shape index (κ2) is 5.28. The van der Waals surface area contributed by atoms with Crippen molar-refractivity contribution in [3.8, 4) is 0 Å². The molecule has 1 fully saturated rings. The topological polar surface area (TPSA) is 71.2 Å². The molecule has 1 saturated heterocycles. The van der Waals surface area contributed by atoms with E-state index in [1.165, 1.54) is 0 Å². The molecule has 5 nitrogen and oxygen atoms in total. The zero-order chi connectivity index (χ0) is 13.2. The van der Waals surface area contributed by atoms with Crippen LogP contribution in [0.4, 0.5) is 0 Å². The minimum Gasteiger partial charge on any atom is -0.392 e. The van der Waals surface area contributed by atoms with Gasteiger partial charge in [0.15, 0.2) is 5.82 Å². The van der Waals surface area contributed by atoms with E-state index in [-0.39, 0.29) is 12.1 Å². The Morgan fingerprint density at radius 2 is 2.37 bits per heavy atom. The van der Waals surface area contributed by atoms with Crippen molar-refractivity contribution in [2.75, 3.05) is 6.54 Å². The summed E-state index contributed by atoms with van der Waals surface area (Å²) >= 11 is 5.93. The van der Waals surface area contributed by atoms with E-state index in [1.54, 1.807) is 0 Å². The average Bonchev–Trinajstić information content (AvgIpc) is 2.98. The van der Waals surface area contributed by atoms with Crippen LogP contribution in [0.1, 0.15) is 29.7 Å². The van der Waals surface area contributed by atoms with Gasteiger partial charge in [-0.2, -0.15) is 4.98 Å². The smallest absolute Gasteiger partial charge is 0.243 e. The lowest BCUT2D eigenvalue weighted by Gasteiger charge is -2.01. The number of aromatic nitrogens is 2. The van der Waals surface area contributed by atoms with Crippen molar-refractivity contribution in [2.24, 2.45) is 0 Å². The van der Waals surface area contributed by atoms with Crippen molar-refractivity contribution >= 4 is 11.6 Å². The normalized spacial score (nSPS) is 22.8. The summed E-state index contributed by atoms with van der Waals surface area (Å²) < 4.78 is 5.23. The van der Waals surface area contributed by atoms with E-state index in [1.807, 2.05) is 24.3 Å². The summed E-state index contributed by atoms with van der Waals surface area (Å²) in [5.41, 5.74) is 1.04. The van der Waals surface area contributed by atoms with Gasteiger partial charge in [0.2, 0.25) is 5.89 Å². The van der Waals surface area contributed by atoms with Crippen LogP contribution in [0.2, 0.25) is 5.02 Å². The van der Waals surface area contributed by atoms with Gasteiger partial charge in [-0.05, 0) is 24.1 Å². The molecular formula is C13H14ClN3O2. The Balaban J connectivity index is 1.71. The standard InChI is InChI=1S/C13H14ClN3O2/c14-9-3-1-2-8(4-9)5-12-16-13(19-17-12)11-6-10(18)7-15-11/h1-4,10-11,15,18H,5-7H2/t10-,11+/m0/s1. The zero-order valence-corrected chi connectivity index (χ0v) is 11.0. The number of nitrogens with zero attached hydrogens (tertiary/aromatic N) is 2. The fraction of sp³-hybridized carbons (Fsp3) is 0.385. The Kier molecular flexibility index (Phi) is 3.50. The molecule has 0 aliphatic carbocycles. The highest BCUT2D eigenvalue weighted by atomic mass is 35.5. The Labute approximate surface area is 115 Å². The SMILES string of the molecule is O[C@@H]1CN[C@@H](c2nc(Cc3cccc(Cl)c3)no2)C1. The first-order valence-corrected chi connectivity index (χ1v) is 6.57. The molecule has 19 heavy (non-hydrogen) atoms. The van der Waals surface area contributed by atoms with E-state index in [9.17, 15) is 5.11 Å². The number of hydrogen-bond donors (Lipinski definition) is 2. The van der Waals surface area contributed by atoms with Gasteiger partial charge in [0.1, 0.15) is 0 Å². The first-order valence-electron chi connectivity index (χ1n) is 6.19. The number of hydrogen-bond acceptors (Lipinski definition) is 5. The third-order valence-corrected chi connectivity index (χ3v) is 3.38. The molecular weight excluding hydrogens is 266 g/mol. The molecule has 1 aliphatic heterocycles. The van der Waals surface area contributed by atoms with Crippen molar-refractivity contribution in [1.29, 1.82) is 0 Å². The summed E-state index contributed by atoms with van der Waals surface area (Å²) in [6.07, 6.45) is 0.853. The van der Waals surface area contributed by atoms with Crippen LogP contribution < -0.4 is 5.32 Å². The average molecular weight is 280 g/mol. The van der Waals surface area contributed by atoms with Crippen molar-refractivity contribution < 1.29 is 9.63 Å². The van der Waals surface area contributed by atoms with Crippen molar-refractivity contribution in [3.63, 3.8) is 0 Å². The van der Waals surface area contributed by atoms with Crippen LogP contribution >= 0.6 is 11.6 Å². The number of β-amino-alcohol motifs (C(OH)–C–C–N with tert-alkyl or cyclic N) is 1. The van der Waals surface area contributed by atoms with Gasteiger partial charge in [-0.3, -0.25) is 0 Å². The van der Waals surface area contributed by atoms with Gasteiger partial charge in [-0.15, -0.1) is 0 Å². The van der Waals surface area contributed by atoms with Gasteiger partial charge in [-0.25, -0.2) is 0 Å². The molecule has 1 aromatic carbocycles. The second-order valence-corrected chi connectivity index (χ2v) is 5.14. The minimum absolute atomic E-state index is 0.0457. The van der Waals surface area contributed by atoms with Crippen molar-refractivity contribution in [2.45, 2.75) is 25.0 Å². The molecule has 1 aliphatic rings. The number of nitrogens with one attached hydrogen (secondary N) is 1. The molecule has 0 amide bonds. The highest BCUT2D eigenvalue weighted by molar-refractivity contribution is 6.30. The lowest BCUT2D eigenvalue weighted by Crippen LogP contribution is -2.15. The maximum Gasteiger partial charge on any atom is 0.243 e. The van der Waals surface area contributed by atoms with Crippen molar-refractivity contribution in [3.05, 3.63) is 46.6 Å². The molecule has 0 spiro atoms. The number of aliphatic hydroxyl groups excluding tert-OH is 1. The second-order valence-electron chi connectivity index (χ2n) is 4.71. The molecule has 1 aromatic heterocycles. The summed E-state index contributed by atoms with van der Waals surface area (Å²) in [7, 11) is 0. The van der Waals surface area contributed by atoms with Gasteiger partial charge in [-0.1, -0.05) is 28.9 Å². The molecule has 2 heterocycles. The third kappa shape index (κ3) is 2.94. The Morgan fingerprint density at radius 1 is 1.47 bits per heavy atom. The largest absolute Gasteiger partial charge is 0.392 e. The van der Waals surface area contributed by atoms with Gasteiger partial charge >= 0.3 is 0 Å². The quantitative estimate of drug-likeness (QED) is 0.895. The Bertz CT molecular complexity index is 573. The zero-order valence-electron chi connectivity index (χ0n) is 10.2. The van der Waals surface area contributed by atoms with Crippen LogP contribution in [0, 0.1) is 0 Å². The molecule has 100 valence electrons. The maximum absolute atomic E-state index is 9.47. The molecule has 6 heteroatoms. The van der Waals surface area contributed by atoms with E-state index in [4.69, 9.17) is 16.1 Å². The lowest BCUT2D eigenvalue weighted by molar-refractivity contribution is 0.191. The third-order valence-electron chi connectivity index (χ3n) is 3.14. The molecule has 2 aromatic rings. The monoisotopic (exact) mass is 279 g/mol. The summed E-state index contributed by atoms with van der Waals surface area (Å²) in [5, 5.41) is 17.3. The van der Waals surface area contributed by atoms with Crippen LogP contribution in [0.25, 0.3) is 0 Å². The molecule has 0 unspecified atom stereocenters. The van der Waals surface area contributed by atoms with Crippen LogP contribution in [-0.2, 0) is 6.42 Å². The molecule has 2 N–H and O–H groups in total. The van der Waals surface area contributed by atoms with Crippen LogP contribution in [-0.4, -0.2) is 27.9 Å². The van der Waals surface area contributed by atoms with Crippen molar-refractivity contribution in [1.82, 2.24) is 15.5 Å². The lowest BCUT2D eigenvalue weighted by atomic mass is 10.1. The predicted octanol–water partition coefficient (Wildman–Crippen LogP) is 1.71. The first-order chi connectivity index (χ1) is 9.20. The number of aliphatic hydroxyl groups is 1. The summed E-state index contributed by atoms with van der Waals surface area (Å²) in [4.78, 5) is 4.36. The summed E-state index contributed by atoms with van der Waals surface area (Å²) in [6.45, 7) is 0.566. The molecule has 0 saturated carbocycles. The van der Waals surface area contributed by atoms with Gasteiger partial charge in [0.05, 0.1) is 12.1 Å². The summed E-state index contributed by atoms with van der Waals surface area (Å²) in [6, 6.07) is 7.54. The van der Waals surface area contributed by atoms with Gasteiger partial charge in [0, 0.05) is 18.0 Å². The number of benzene rings is 1. The van der Waals surface area contributed by atoms with Crippen LogP contribution in [0.5, 0.6) is 0 Å². The molecule has 0 bridgehead atoms. The van der Waals surface area contributed by atoms with Crippen LogP contribution in [0.3, 0.4) is 0 Å². The van der Waals surface area contributed by atoms with Gasteiger partial charge < -0.3 is 14.9 Å². The Morgan fingerprint density at radius 3 is 3.11 bits per heavy atom. The van der Waals surface area contributed by atoms with E-state index in [0.29, 0.717) is 36.1 Å². The summed E-state index contributed by atoms with van der Waals surface area (Å²) in [5.74, 6) is 1.16. The Hall–Kier alpha value is -1.43. The number of rotatable bonds is 3. The molecule has 2 atom stereocenters. The number of halogens is 1. The fourth-order valence-electron chi connectivity index (χ4n) is 2.22. The molecule has 3 rings (SSSR count). The molecule has 0 radical (unpaired) electrons. The van der Waals surface area contributed by atoms with E-state index < -0.39 is 0 Å². The minimum atomic E-state index is -0.340. The van der Waals surface area contributed by atoms with E-state index >= 15 is 0 Å².